The molecule has 8 nitrogen and oxygen atoms in total. The third-order valence-electron chi connectivity index (χ3n) is 4.06. The molecule has 0 saturated heterocycles. The van der Waals surface area contributed by atoms with Gasteiger partial charge in [0.15, 0.2) is 0 Å². The molecule has 1 aromatic heterocycles. The van der Waals surface area contributed by atoms with Crippen LogP contribution in [0.3, 0.4) is 0 Å². The van der Waals surface area contributed by atoms with E-state index in [1.165, 1.54) is 20.3 Å². The van der Waals surface area contributed by atoms with Crippen LogP contribution in [0.2, 0.25) is 0 Å². The maximum atomic E-state index is 11.4. The van der Waals surface area contributed by atoms with Gasteiger partial charge in [0.25, 0.3) is 0 Å². The van der Waals surface area contributed by atoms with Gasteiger partial charge in [-0.25, -0.2) is 14.6 Å². The molecule has 3 aromatic rings. The van der Waals surface area contributed by atoms with E-state index in [0.717, 1.165) is 5.56 Å². The molecule has 0 amide bonds. The fourth-order valence-electron chi connectivity index (χ4n) is 2.40. The van der Waals surface area contributed by atoms with Crippen LogP contribution in [0.5, 0.6) is 0 Å². The average molecular weight is 438 g/mol. The fraction of sp³-hybridized carbons (Fsp3) is 0.0800. The number of benzene rings is 2. The number of hydrogen-bond acceptors (Lipinski definition) is 7. The van der Waals surface area contributed by atoms with E-state index in [4.69, 9.17) is 10.5 Å². The van der Waals surface area contributed by atoms with Crippen molar-refractivity contribution in [2.45, 2.75) is 0 Å². The number of carbonyl (C=O) groups excluding carboxylic acids is 2. The van der Waals surface area contributed by atoms with E-state index in [1.807, 2.05) is 12.1 Å². The van der Waals surface area contributed by atoms with Gasteiger partial charge in [-0.05, 0) is 42.0 Å². The van der Waals surface area contributed by atoms with E-state index in [0.29, 0.717) is 22.4 Å². The van der Waals surface area contributed by atoms with Crippen LogP contribution in [0.25, 0.3) is 5.70 Å². The minimum atomic E-state index is -0.575. The first kappa shape index (κ1) is 24.1. The van der Waals surface area contributed by atoms with Gasteiger partial charge in [0.1, 0.15) is 0 Å². The average Bonchev–Trinajstić information content (AvgIpc) is 3.41. The second-order valence-electron chi connectivity index (χ2n) is 6.14. The van der Waals surface area contributed by atoms with Crippen LogP contribution in [0.4, 0.5) is 0 Å². The lowest BCUT2D eigenvalue weighted by Crippen LogP contribution is -2.02. The summed E-state index contributed by atoms with van der Waals surface area (Å²) >= 11 is 0. The Balaban J connectivity index is 0.000000245. The molecule has 8 heteroatoms. The SMILES string of the molecule is COC(=O)C#Cc1ccc(C#N)cc1.COC(=O)C=C(c1ccc(C#N)cc1)n1ccnc1. The van der Waals surface area contributed by atoms with Crippen molar-refractivity contribution < 1.29 is 19.1 Å². The molecule has 3 rings (SSSR count). The number of ether oxygens (including phenoxy) is 2. The molecule has 0 saturated carbocycles. The van der Waals surface area contributed by atoms with Gasteiger partial charge in [0, 0.05) is 30.0 Å². The number of imidazole rings is 1. The number of nitrogens with zero attached hydrogens (tertiary/aromatic N) is 4. The number of esters is 2. The monoisotopic (exact) mass is 438 g/mol. The van der Waals surface area contributed by atoms with Crippen LogP contribution in [0.15, 0.2) is 73.3 Å². The van der Waals surface area contributed by atoms with Crippen molar-refractivity contribution >= 4 is 17.6 Å². The predicted molar refractivity (Wildman–Crippen MR) is 119 cm³/mol. The van der Waals surface area contributed by atoms with E-state index < -0.39 is 11.9 Å². The summed E-state index contributed by atoms with van der Waals surface area (Å²) in [6, 6.07) is 17.6. The van der Waals surface area contributed by atoms with Crippen molar-refractivity contribution in [2.24, 2.45) is 0 Å². The molecular formula is C25H18N4O4. The first-order valence-electron chi connectivity index (χ1n) is 9.39. The molecule has 0 aliphatic heterocycles. The Kier molecular flexibility index (Phi) is 9.17. The third-order valence-corrected chi connectivity index (χ3v) is 4.06. The quantitative estimate of drug-likeness (QED) is 0.350. The lowest BCUT2D eigenvalue weighted by Gasteiger charge is -2.08. The van der Waals surface area contributed by atoms with Gasteiger partial charge in [-0.1, -0.05) is 18.1 Å². The van der Waals surface area contributed by atoms with E-state index in [9.17, 15) is 9.59 Å². The fourth-order valence-corrected chi connectivity index (χ4v) is 2.40. The molecule has 0 N–H and O–H groups in total. The molecule has 0 aliphatic carbocycles. The zero-order valence-electron chi connectivity index (χ0n) is 17.9. The van der Waals surface area contributed by atoms with Crippen LogP contribution in [0.1, 0.15) is 22.3 Å². The van der Waals surface area contributed by atoms with E-state index in [-0.39, 0.29) is 0 Å². The second-order valence-corrected chi connectivity index (χ2v) is 6.14. The largest absolute Gasteiger partial charge is 0.466 e. The Hall–Kier alpha value is -5.13. The van der Waals surface area contributed by atoms with Gasteiger partial charge in [0.2, 0.25) is 0 Å². The number of rotatable bonds is 3. The molecule has 0 bridgehead atoms. The highest BCUT2D eigenvalue weighted by Crippen LogP contribution is 2.17. The van der Waals surface area contributed by atoms with E-state index in [2.05, 4.69) is 26.3 Å². The predicted octanol–water partition coefficient (Wildman–Crippen LogP) is 2.90. The molecular weight excluding hydrogens is 420 g/mol. The number of aromatic nitrogens is 2. The van der Waals surface area contributed by atoms with Crippen LogP contribution < -0.4 is 0 Å². The Bertz CT molecular complexity index is 1270. The zero-order valence-corrected chi connectivity index (χ0v) is 17.9. The molecule has 162 valence electrons. The Labute approximate surface area is 190 Å². The normalized spacial score (nSPS) is 9.64. The molecule has 0 spiro atoms. The highest BCUT2D eigenvalue weighted by atomic mass is 16.5. The zero-order chi connectivity index (χ0) is 24.1. The van der Waals surface area contributed by atoms with Gasteiger partial charge in [-0.3, -0.25) is 0 Å². The van der Waals surface area contributed by atoms with Crippen molar-refractivity contribution in [1.82, 2.24) is 9.55 Å². The number of carbonyl (C=O) groups is 2. The summed E-state index contributed by atoms with van der Waals surface area (Å²) in [5.74, 6) is 3.88. The second kappa shape index (κ2) is 12.5. The van der Waals surface area contributed by atoms with E-state index in [1.54, 1.807) is 71.8 Å². The van der Waals surface area contributed by atoms with Gasteiger partial charge in [0.05, 0.1) is 49.5 Å². The van der Waals surface area contributed by atoms with Gasteiger partial charge in [-0.2, -0.15) is 10.5 Å². The molecule has 0 aliphatic rings. The number of nitriles is 2. The van der Waals surface area contributed by atoms with Crippen molar-refractivity contribution in [3.63, 3.8) is 0 Å². The maximum Gasteiger partial charge on any atom is 0.384 e. The molecule has 1 heterocycles. The van der Waals surface area contributed by atoms with Crippen LogP contribution in [-0.2, 0) is 19.1 Å². The lowest BCUT2D eigenvalue weighted by atomic mass is 10.1. The summed E-state index contributed by atoms with van der Waals surface area (Å²) in [6.07, 6.45) is 6.32. The summed E-state index contributed by atoms with van der Waals surface area (Å²) < 4.78 is 10.7. The van der Waals surface area contributed by atoms with Crippen LogP contribution in [-0.4, -0.2) is 35.7 Å². The third kappa shape index (κ3) is 7.57. The molecule has 2 aromatic carbocycles. The van der Waals surface area contributed by atoms with Crippen LogP contribution >= 0.6 is 0 Å². The maximum absolute atomic E-state index is 11.4. The standard InChI is InChI=1S/C14H11N3O2.C11H7NO2/c1-19-14(18)8-13(17-7-6-16-10-17)12-4-2-11(9-15)3-5-12;1-14-11(13)7-6-9-2-4-10(8-12)5-3-9/h2-8,10H,1H3;2-5H,1H3. The highest BCUT2D eigenvalue weighted by molar-refractivity contribution is 5.91. The summed E-state index contributed by atoms with van der Waals surface area (Å²) in [7, 11) is 2.60. The summed E-state index contributed by atoms with van der Waals surface area (Å²) in [4.78, 5) is 26.0. The molecule has 33 heavy (non-hydrogen) atoms. The minimum Gasteiger partial charge on any atom is -0.466 e. The molecule has 0 fully saturated rings. The lowest BCUT2D eigenvalue weighted by molar-refractivity contribution is -0.135. The Morgan fingerprint density at radius 1 is 0.909 bits per heavy atom. The van der Waals surface area contributed by atoms with Gasteiger partial charge < -0.3 is 14.0 Å². The smallest absolute Gasteiger partial charge is 0.384 e. The highest BCUT2D eigenvalue weighted by Gasteiger charge is 2.07. The number of hydrogen-bond donors (Lipinski definition) is 0. The summed E-state index contributed by atoms with van der Waals surface area (Å²) in [5.41, 5.74) is 3.23. The topological polar surface area (TPSA) is 118 Å². The summed E-state index contributed by atoms with van der Waals surface area (Å²) in [5, 5.41) is 17.3. The molecule has 0 atom stereocenters. The van der Waals surface area contributed by atoms with Crippen molar-refractivity contribution in [3.05, 3.63) is 95.6 Å². The number of methoxy groups -OCH3 is 2. The molecule has 0 unspecified atom stereocenters. The van der Waals surface area contributed by atoms with Gasteiger partial charge in [-0.15, -0.1) is 0 Å². The first-order valence-corrected chi connectivity index (χ1v) is 9.39. The minimum absolute atomic E-state index is 0.451. The van der Waals surface area contributed by atoms with Crippen molar-refractivity contribution in [1.29, 1.82) is 10.5 Å². The van der Waals surface area contributed by atoms with E-state index >= 15 is 0 Å². The first-order chi connectivity index (χ1) is 16.0. The Morgan fingerprint density at radius 3 is 1.97 bits per heavy atom. The van der Waals surface area contributed by atoms with Crippen LogP contribution in [0, 0.1) is 34.5 Å². The van der Waals surface area contributed by atoms with Gasteiger partial charge >= 0.3 is 11.9 Å². The summed E-state index contributed by atoms with van der Waals surface area (Å²) in [6.45, 7) is 0. The van der Waals surface area contributed by atoms with Crippen molar-refractivity contribution in [2.75, 3.05) is 14.2 Å². The van der Waals surface area contributed by atoms with Crippen molar-refractivity contribution in [3.8, 4) is 24.0 Å². The molecule has 0 radical (unpaired) electrons. The Morgan fingerprint density at radius 2 is 1.48 bits per heavy atom.